The average Bonchev–Trinajstić information content (AvgIpc) is 2.81. The maximum Gasteiger partial charge on any atom is 0.233 e. The molecule has 0 atom stereocenters. The SMILES string of the molecule is COc1ccc(-c2c(OC)nsc2CO)cn1. The molecule has 0 unspecified atom stereocenters. The highest BCUT2D eigenvalue weighted by Gasteiger charge is 2.16. The highest BCUT2D eigenvalue weighted by molar-refractivity contribution is 7.06. The molecule has 0 fully saturated rings. The molecule has 90 valence electrons. The van der Waals surface area contributed by atoms with E-state index >= 15 is 0 Å². The summed E-state index contributed by atoms with van der Waals surface area (Å²) in [5.41, 5.74) is 1.63. The van der Waals surface area contributed by atoms with Crippen LogP contribution in [0.2, 0.25) is 0 Å². The third kappa shape index (κ3) is 2.22. The Hall–Kier alpha value is -1.66. The molecule has 6 heteroatoms. The number of pyridine rings is 1. The molecule has 0 radical (unpaired) electrons. The third-order valence-corrected chi connectivity index (χ3v) is 3.11. The molecule has 0 amide bonds. The predicted octanol–water partition coefficient (Wildman–Crippen LogP) is 1.71. The summed E-state index contributed by atoms with van der Waals surface area (Å²) in [5, 5.41) is 9.26. The normalized spacial score (nSPS) is 10.3. The van der Waals surface area contributed by atoms with Gasteiger partial charge in [0.25, 0.3) is 0 Å². The van der Waals surface area contributed by atoms with Gasteiger partial charge < -0.3 is 14.6 Å². The van der Waals surface area contributed by atoms with Gasteiger partial charge in [-0.3, -0.25) is 0 Å². The Bertz CT molecular complexity index is 474. The summed E-state index contributed by atoms with van der Waals surface area (Å²) < 4.78 is 14.3. The van der Waals surface area contributed by atoms with E-state index in [4.69, 9.17) is 9.47 Å². The van der Waals surface area contributed by atoms with Crippen LogP contribution in [-0.4, -0.2) is 28.7 Å². The predicted molar refractivity (Wildman–Crippen MR) is 64.4 cm³/mol. The van der Waals surface area contributed by atoms with Gasteiger partial charge >= 0.3 is 0 Å². The van der Waals surface area contributed by atoms with Gasteiger partial charge in [0, 0.05) is 17.8 Å². The van der Waals surface area contributed by atoms with Crippen molar-refractivity contribution in [3.8, 4) is 22.9 Å². The smallest absolute Gasteiger partial charge is 0.233 e. The monoisotopic (exact) mass is 252 g/mol. The first-order valence-corrected chi connectivity index (χ1v) is 5.71. The van der Waals surface area contributed by atoms with Crippen LogP contribution in [0.15, 0.2) is 18.3 Å². The molecule has 2 aromatic rings. The Balaban J connectivity index is 2.46. The lowest BCUT2D eigenvalue weighted by molar-refractivity contribution is 0.285. The molecule has 2 aromatic heterocycles. The molecule has 2 heterocycles. The zero-order chi connectivity index (χ0) is 12.3. The highest BCUT2D eigenvalue weighted by Crippen LogP contribution is 2.35. The first-order valence-electron chi connectivity index (χ1n) is 4.94. The molecule has 17 heavy (non-hydrogen) atoms. The third-order valence-electron chi connectivity index (χ3n) is 2.30. The second kappa shape index (κ2) is 5.11. The average molecular weight is 252 g/mol. The van der Waals surface area contributed by atoms with Crippen LogP contribution in [0.1, 0.15) is 4.88 Å². The van der Waals surface area contributed by atoms with Gasteiger partial charge in [-0.25, -0.2) is 4.98 Å². The van der Waals surface area contributed by atoms with E-state index in [-0.39, 0.29) is 6.61 Å². The number of methoxy groups -OCH3 is 2. The van der Waals surface area contributed by atoms with E-state index in [2.05, 4.69) is 9.36 Å². The van der Waals surface area contributed by atoms with Crippen molar-refractivity contribution in [3.63, 3.8) is 0 Å². The molecule has 0 aliphatic carbocycles. The molecular weight excluding hydrogens is 240 g/mol. The standard InChI is InChI=1S/C11H12N2O3S/c1-15-9-4-3-7(5-12-9)10-8(6-14)17-13-11(10)16-2/h3-5,14H,6H2,1-2H3. The summed E-state index contributed by atoms with van der Waals surface area (Å²) in [7, 11) is 3.12. The van der Waals surface area contributed by atoms with Gasteiger partial charge in [-0.2, -0.15) is 4.37 Å². The first kappa shape index (κ1) is 11.8. The molecular formula is C11H12N2O3S. The zero-order valence-electron chi connectivity index (χ0n) is 9.51. The van der Waals surface area contributed by atoms with E-state index in [1.165, 1.54) is 11.5 Å². The van der Waals surface area contributed by atoms with Crippen molar-refractivity contribution in [2.75, 3.05) is 14.2 Å². The lowest BCUT2D eigenvalue weighted by atomic mass is 10.1. The van der Waals surface area contributed by atoms with Crippen LogP contribution in [0, 0.1) is 0 Å². The van der Waals surface area contributed by atoms with E-state index in [1.807, 2.05) is 6.07 Å². The number of aromatic nitrogens is 2. The Morgan fingerprint density at radius 3 is 2.65 bits per heavy atom. The van der Waals surface area contributed by atoms with Crippen molar-refractivity contribution in [2.45, 2.75) is 6.61 Å². The zero-order valence-corrected chi connectivity index (χ0v) is 10.3. The largest absolute Gasteiger partial charge is 0.481 e. The van der Waals surface area contributed by atoms with Gasteiger partial charge in [0.1, 0.15) is 0 Å². The summed E-state index contributed by atoms with van der Waals surface area (Å²) in [5.74, 6) is 1.05. The van der Waals surface area contributed by atoms with Crippen molar-refractivity contribution in [1.29, 1.82) is 0 Å². The Kier molecular flexibility index (Phi) is 3.55. The lowest BCUT2D eigenvalue weighted by Crippen LogP contribution is -1.91. The summed E-state index contributed by atoms with van der Waals surface area (Å²) in [6.45, 7) is -0.0671. The minimum Gasteiger partial charge on any atom is -0.481 e. The number of nitrogens with zero attached hydrogens (tertiary/aromatic N) is 2. The first-order chi connectivity index (χ1) is 8.30. The van der Waals surface area contributed by atoms with Crippen molar-refractivity contribution in [3.05, 3.63) is 23.2 Å². The van der Waals surface area contributed by atoms with Crippen LogP contribution in [0.5, 0.6) is 11.8 Å². The summed E-state index contributed by atoms with van der Waals surface area (Å²) in [4.78, 5) is 4.88. The van der Waals surface area contributed by atoms with E-state index in [9.17, 15) is 5.11 Å². The number of aliphatic hydroxyl groups is 1. The number of aliphatic hydroxyl groups excluding tert-OH is 1. The maximum atomic E-state index is 9.26. The fraction of sp³-hybridized carbons (Fsp3) is 0.273. The van der Waals surface area contributed by atoms with Crippen LogP contribution in [0.4, 0.5) is 0 Å². The van der Waals surface area contributed by atoms with E-state index in [0.29, 0.717) is 11.8 Å². The number of hydrogen-bond acceptors (Lipinski definition) is 6. The molecule has 0 saturated carbocycles. The quantitative estimate of drug-likeness (QED) is 0.897. The van der Waals surface area contributed by atoms with Crippen molar-refractivity contribution >= 4 is 11.5 Å². The second-order valence-electron chi connectivity index (χ2n) is 3.24. The number of ether oxygens (including phenoxy) is 2. The molecule has 0 bridgehead atoms. The molecule has 0 aliphatic heterocycles. The summed E-state index contributed by atoms with van der Waals surface area (Å²) in [6, 6.07) is 3.62. The molecule has 0 aliphatic rings. The summed E-state index contributed by atoms with van der Waals surface area (Å²) >= 11 is 1.22. The van der Waals surface area contributed by atoms with Gasteiger partial charge in [0.05, 0.1) is 31.3 Å². The topological polar surface area (TPSA) is 64.5 Å². The molecule has 5 nitrogen and oxygen atoms in total. The fourth-order valence-electron chi connectivity index (χ4n) is 1.49. The number of rotatable bonds is 4. The van der Waals surface area contributed by atoms with Crippen LogP contribution in [-0.2, 0) is 6.61 Å². The second-order valence-corrected chi connectivity index (χ2v) is 4.10. The summed E-state index contributed by atoms with van der Waals surface area (Å²) in [6.07, 6.45) is 1.67. The maximum absolute atomic E-state index is 9.26. The van der Waals surface area contributed by atoms with Crippen LogP contribution in [0.3, 0.4) is 0 Å². The fourth-order valence-corrected chi connectivity index (χ4v) is 2.20. The van der Waals surface area contributed by atoms with Gasteiger partial charge in [0.15, 0.2) is 0 Å². The van der Waals surface area contributed by atoms with E-state index in [1.54, 1.807) is 26.5 Å². The minimum absolute atomic E-state index is 0.0671. The van der Waals surface area contributed by atoms with Crippen molar-refractivity contribution < 1.29 is 14.6 Å². The molecule has 1 N–H and O–H groups in total. The van der Waals surface area contributed by atoms with Gasteiger partial charge in [0.2, 0.25) is 11.8 Å². The Labute approximate surface area is 103 Å². The minimum atomic E-state index is -0.0671. The molecule has 2 rings (SSSR count). The van der Waals surface area contributed by atoms with Crippen molar-refractivity contribution in [1.82, 2.24) is 9.36 Å². The van der Waals surface area contributed by atoms with Crippen LogP contribution < -0.4 is 9.47 Å². The van der Waals surface area contributed by atoms with Gasteiger partial charge in [-0.15, -0.1) is 0 Å². The van der Waals surface area contributed by atoms with Gasteiger partial charge in [-0.1, -0.05) is 0 Å². The lowest BCUT2D eigenvalue weighted by Gasteiger charge is -2.04. The molecule has 0 aromatic carbocycles. The highest BCUT2D eigenvalue weighted by atomic mass is 32.1. The van der Waals surface area contributed by atoms with E-state index in [0.717, 1.165) is 16.0 Å². The Morgan fingerprint density at radius 2 is 2.12 bits per heavy atom. The van der Waals surface area contributed by atoms with Crippen molar-refractivity contribution in [2.24, 2.45) is 0 Å². The van der Waals surface area contributed by atoms with Crippen LogP contribution >= 0.6 is 11.5 Å². The van der Waals surface area contributed by atoms with E-state index < -0.39 is 0 Å². The van der Waals surface area contributed by atoms with Crippen LogP contribution in [0.25, 0.3) is 11.1 Å². The Morgan fingerprint density at radius 1 is 1.29 bits per heavy atom. The van der Waals surface area contributed by atoms with Gasteiger partial charge in [-0.05, 0) is 17.6 Å². The number of hydrogen-bond donors (Lipinski definition) is 1. The molecule has 0 spiro atoms. The molecule has 0 saturated heterocycles.